The molecule has 0 saturated carbocycles. The Hall–Kier alpha value is -1.75. The average molecular weight is 235 g/mol. The first-order valence-corrected chi connectivity index (χ1v) is 5.45. The quantitative estimate of drug-likeness (QED) is 0.880. The second kappa shape index (κ2) is 5.05. The van der Waals surface area contributed by atoms with Gasteiger partial charge >= 0.3 is 0 Å². The van der Waals surface area contributed by atoms with Crippen LogP contribution < -0.4 is 5.32 Å². The Kier molecular flexibility index (Phi) is 3.49. The lowest BCUT2D eigenvalue weighted by Gasteiger charge is -2.04. The largest absolute Gasteiger partial charge is 0.339 e. The molecule has 0 fully saturated rings. The summed E-state index contributed by atoms with van der Waals surface area (Å²) >= 11 is 0. The van der Waals surface area contributed by atoms with Gasteiger partial charge < -0.3 is 9.84 Å². The molecule has 17 heavy (non-hydrogen) atoms. The van der Waals surface area contributed by atoms with Crippen molar-refractivity contribution in [2.75, 3.05) is 7.05 Å². The normalized spacial score (nSPS) is 12.6. The summed E-state index contributed by atoms with van der Waals surface area (Å²) in [5.74, 6) is 0.659. The first kappa shape index (κ1) is 11.7. The van der Waals surface area contributed by atoms with E-state index in [1.54, 1.807) is 12.1 Å². The summed E-state index contributed by atoms with van der Waals surface area (Å²) in [7, 11) is 1.87. The van der Waals surface area contributed by atoms with E-state index in [4.69, 9.17) is 4.52 Å². The van der Waals surface area contributed by atoms with Crippen molar-refractivity contribution in [1.29, 1.82) is 0 Å². The molecular weight excluding hydrogens is 221 g/mol. The van der Waals surface area contributed by atoms with Gasteiger partial charge in [-0.3, -0.25) is 0 Å². The van der Waals surface area contributed by atoms with E-state index in [2.05, 4.69) is 15.5 Å². The number of benzene rings is 1. The Labute approximate surface area is 98.8 Å². The highest BCUT2D eigenvalue weighted by molar-refractivity contribution is 5.53. The number of hydrogen-bond donors (Lipinski definition) is 1. The third kappa shape index (κ3) is 2.88. The van der Waals surface area contributed by atoms with E-state index in [9.17, 15) is 4.39 Å². The fourth-order valence-corrected chi connectivity index (χ4v) is 1.45. The molecule has 1 heterocycles. The van der Waals surface area contributed by atoms with Gasteiger partial charge in [-0.1, -0.05) is 17.3 Å². The smallest absolute Gasteiger partial charge is 0.228 e. The van der Waals surface area contributed by atoms with E-state index in [1.807, 2.05) is 14.0 Å². The van der Waals surface area contributed by atoms with Crippen molar-refractivity contribution >= 4 is 0 Å². The van der Waals surface area contributed by atoms with Crippen molar-refractivity contribution < 1.29 is 8.91 Å². The molecule has 2 aromatic rings. The van der Waals surface area contributed by atoms with E-state index in [0.717, 1.165) is 0 Å². The number of rotatable bonds is 4. The number of aromatic nitrogens is 2. The van der Waals surface area contributed by atoms with Crippen molar-refractivity contribution in [3.05, 3.63) is 36.0 Å². The van der Waals surface area contributed by atoms with E-state index >= 15 is 0 Å². The van der Waals surface area contributed by atoms with Gasteiger partial charge in [0.25, 0.3) is 0 Å². The minimum atomic E-state index is -0.308. The van der Waals surface area contributed by atoms with E-state index in [-0.39, 0.29) is 11.9 Å². The van der Waals surface area contributed by atoms with Crippen LogP contribution >= 0.6 is 0 Å². The average Bonchev–Trinajstić information content (AvgIpc) is 2.77. The molecule has 0 radical (unpaired) electrons. The summed E-state index contributed by atoms with van der Waals surface area (Å²) in [5, 5.41) is 6.92. The van der Waals surface area contributed by atoms with Crippen LogP contribution in [0.4, 0.5) is 4.39 Å². The monoisotopic (exact) mass is 235 g/mol. The molecule has 0 saturated heterocycles. The first-order valence-electron chi connectivity index (χ1n) is 5.45. The second-order valence-electron chi connectivity index (χ2n) is 3.92. The minimum absolute atomic E-state index is 0.260. The predicted octanol–water partition coefficient (Wildman–Crippen LogP) is 2.03. The lowest BCUT2D eigenvalue weighted by atomic mass is 10.2. The molecule has 90 valence electrons. The van der Waals surface area contributed by atoms with Crippen LogP contribution in [-0.2, 0) is 6.42 Å². The minimum Gasteiger partial charge on any atom is -0.339 e. The summed E-state index contributed by atoms with van der Waals surface area (Å²) in [6, 6.07) is 6.40. The Balaban J connectivity index is 2.18. The van der Waals surface area contributed by atoms with Gasteiger partial charge in [0, 0.05) is 18.0 Å². The molecule has 0 aliphatic rings. The summed E-state index contributed by atoms with van der Waals surface area (Å²) < 4.78 is 18.1. The number of likely N-dealkylation sites (N-methyl/N-ethyl adjacent to an activating group) is 1. The number of nitrogens with one attached hydrogen (secondary N) is 1. The van der Waals surface area contributed by atoms with Crippen molar-refractivity contribution in [2.24, 2.45) is 0 Å². The highest BCUT2D eigenvalue weighted by Crippen LogP contribution is 2.17. The summed E-state index contributed by atoms with van der Waals surface area (Å²) in [5.41, 5.74) is 0.622. The summed E-state index contributed by atoms with van der Waals surface area (Å²) in [6.07, 6.45) is 0.652. The van der Waals surface area contributed by atoms with Gasteiger partial charge in [-0.2, -0.15) is 4.98 Å². The molecule has 4 nitrogen and oxygen atoms in total. The van der Waals surface area contributed by atoms with Crippen molar-refractivity contribution in [3.63, 3.8) is 0 Å². The molecule has 1 aromatic heterocycles. The van der Waals surface area contributed by atoms with Crippen LogP contribution in [0.3, 0.4) is 0 Å². The second-order valence-corrected chi connectivity index (χ2v) is 3.92. The maximum Gasteiger partial charge on any atom is 0.228 e. The van der Waals surface area contributed by atoms with E-state index in [1.165, 1.54) is 12.1 Å². The maximum absolute atomic E-state index is 13.0. The predicted molar refractivity (Wildman–Crippen MR) is 61.9 cm³/mol. The Morgan fingerprint density at radius 1 is 1.47 bits per heavy atom. The highest BCUT2D eigenvalue weighted by atomic mass is 19.1. The van der Waals surface area contributed by atoms with Gasteiger partial charge in [0.1, 0.15) is 5.82 Å². The first-order chi connectivity index (χ1) is 8.19. The molecule has 1 unspecified atom stereocenters. The van der Waals surface area contributed by atoms with Crippen molar-refractivity contribution in [2.45, 2.75) is 19.4 Å². The fourth-order valence-electron chi connectivity index (χ4n) is 1.45. The Morgan fingerprint density at radius 3 is 3.00 bits per heavy atom. The Bertz CT molecular complexity index is 498. The standard InChI is InChI=1S/C12H14FN3O/c1-8(14-2)6-11-15-12(16-17-11)9-4-3-5-10(13)7-9/h3-5,7-8,14H,6H2,1-2H3. The van der Waals surface area contributed by atoms with Gasteiger partial charge in [0.15, 0.2) is 0 Å². The topological polar surface area (TPSA) is 51.0 Å². The van der Waals surface area contributed by atoms with Crippen LogP contribution in [0, 0.1) is 5.82 Å². The molecular formula is C12H14FN3O. The van der Waals surface area contributed by atoms with Gasteiger partial charge in [0.2, 0.25) is 11.7 Å². The highest BCUT2D eigenvalue weighted by Gasteiger charge is 2.11. The third-order valence-electron chi connectivity index (χ3n) is 2.52. The van der Waals surface area contributed by atoms with Crippen LogP contribution in [0.15, 0.2) is 28.8 Å². The van der Waals surface area contributed by atoms with E-state index < -0.39 is 0 Å². The van der Waals surface area contributed by atoms with Crippen LogP contribution in [0.5, 0.6) is 0 Å². The molecule has 0 spiro atoms. The molecule has 0 aliphatic carbocycles. The zero-order valence-electron chi connectivity index (χ0n) is 9.77. The molecule has 1 N–H and O–H groups in total. The number of nitrogens with zero attached hydrogens (tertiary/aromatic N) is 2. The van der Waals surface area contributed by atoms with E-state index in [0.29, 0.717) is 23.7 Å². The van der Waals surface area contributed by atoms with Gasteiger partial charge in [0.05, 0.1) is 0 Å². The maximum atomic E-state index is 13.0. The molecule has 0 amide bonds. The molecule has 0 aliphatic heterocycles. The van der Waals surface area contributed by atoms with Gasteiger partial charge in [-0.25, -0.2) is 4.39 Å². The van der Waals surface area contributed by atoms with Crippen LogP contribution in [-0.4, -0.2) is 23.2 Å². The number of halogens is 1. The van der Waals surface area contributed by atoms with Crippen molar-refractivity contribution in [1.82, 2.24) is 15.5 Å². The zero-order chi connectivity index (χ0) is 12.3. The van der Waals surface area contributed by atoms with Crippen LogP contribution in [0.25, 0.3) is 11.4 Å². The molecule has 1 aromatic carbocycles. The Morgan fingerprint density at radius 2 is 2.29 bits per heavy atom. The molecule has 2 rings (SSSR count). The lowest BCUT2D eigenvalue weighted by Crippen LogP contribution is -2.23. The molecule has 5 heteroatoms. The molecule has 1 atom stereocenters. The summed E-state index contributed by atoms with van der Waals surface area (Å²) in [6.45, 7) is 2.02. The van der Waals surface area contributed by atoms with Crippen LogP contribution in [0.1, 0.15) is 12.8 Å². The third-order valence-corrected chi connectivity index (χ3v) is 2.52. The SMILES string of the molecule is CNC(C)Cc1nc(-c2cccc(F)c2)no1. The van der Waals surface area contributed by atoms with Gasteiger partial charge in [-0.15, -0.1) is 0 Å². The lowest BCUT2D eigenvalue weighted by molar-refractivity contribution is 0.365. The fraction of sp³-hybridized carbons (Fsp3) is 0.333. The van der Waals surface area contributed by atoms with Crippen LogP contribution in [0.2, 0.25) is 0 Å². The summed E-state index contributed by atoms with van der Waals surface area (Å²) in [4.78, 5) is 4.23. The molecule has 0 bridgehead atoms. The zero-order valence-corrected chi connectivity index (χ0v) is 9.77. The van der Waals surface area contributed by atoms with Gasteiger partial charge in [-0.05, 0) is 26.1 Å². The number of hydrogen-bond acceptors (Lipinski definition) is 4. The van der Waals surface area contributed by atoms with Crippen molar-refractivity contribution in [3.8, 4) is 11.4 Å².